The lowest BCUT2D eigenvalue weighted by atomic mass is 10.0. The second-order valence-corrected chi connectivity index (χ2v) is 10.3. The number of hydrogen-bond acceptors (Lipinski definition) is 7. The molecule has 0 aromatic heterocycles. The van der Waals surface area contributed by atoms with Gasteiger partial charge in [-0.15, -0.1) is 10.2 Å². The van der Waals surface area contributed by atoms with Crippen molar-refractivity contribution >= 4 is 67.1 Å². The van der Waals surface area contributed by atoms with E-state index in [0.29, 0.717) is 34.4 Å². The molecule has 0 bridgehead atoms. The molecule has 0 fully saturated rings. The Bertz CT molecular complexity index is 1710. The minimum atomic E-state index is -4.69. The molecule has 38 heavy (non-hydrogen) atoms. The number of nitrogens with zero attached hydrogens (tertiary/aromatic N) is 2. The maximum absolute atomic E-state index is 13.2. The van der Waals surface area contributed by atoms with Crippen molar-refractivity contribution in [2.45, 2.75) is 18.7 Å². The van der Waals surface area contributed by atoms with Gasteiger partial charge in [0.1, 0.15) is 22.0 Å². The molecule has 0 aliphatic carbocycles. The molecule has 0 saturated heterocycles. The molecule has 1 amide bonds. The Balaban J connectivity index is 1.80. The van der Waals surface area contributed by atoms with Crippen molar-refractivity contribution in [3.63, 3.8) is 0 Å². The SMILES string of the molecule is CCOc1ccc(NC(=O)c2cc3ccccc3c(N=Nc3c(C)cc(Cl)cc3S(=O)(=O)O)c2O)c(Cl)c1. The Kier molecular flexibility index (Phi) is 7.89. The molecule has 3 N–H and O–H groups in total. The first kappa shape index (κ1) is 27.3. The molecular formula is C26H21Cl2N3O6S. The number of aryl methyl sites for hydroxylation is 1. The fraction of sp³-hybridized carbons (Fsp3) is 0.115. The molecule has 0 spiro atoms. The first-order chi connectivity index (χ1) is 18.0. The fourth-order valence-corrected chi connectivity index (χ4v) is 5.04. The third kappa shape index (κ3) is 5.73. The smallest absolute Gasteiger partial charge is 0.296 e. The number of nitrogens with one attached hydrogen (secondary N) is 1. The summed E-state index contributed by atoms with van der Waals surface area (Å²) < 4.78 is 38.9. The van der Waals surface area contributed by atoms with Crippen LogP contribution >= 0.6 is 23.2 Å². The van der Waals surface area contributed by atoms with E-state index in [1.54, 1.807) is 42.5 Å². The van der Waals surface area contributed by atoms with Gasteiger partial charge in [0, 0.05) is 16.5 Å². The van der Waals surface area contributed by atoms with E-state index in [1.807, 2.05) is 6.92 Å². The van der Waals surface area contributed by atoms with E-state index in [1.165, 1.54) is 19.1 Å². The van der Waals surface area contributed by atoms with E-state index >= 15 is 0 Å². The van der Waals surface area contributed by atoms with Crippen molar-refractivity contribution < 1.29 is 27.6 Å². The first-order valence-corrected chi connectivity index (χ1v) is 13.4. The third-order valence-corrected chi connectivity index (χ3v) is 6.90. The average molecular weight is 574 g/mol. The van der Waals surface area contributed by atoms with Crippen molar-refractivity contribution in [3.05, 3.63) is 81.8 Å². The molecule has 9 nitrogen and oxygen atoms in total. The summed E-state index contributed by atoms with van der Waals surface area (Å²) in [5.41, 5.74) is 0.241. The molecule has 0 saturated carbocycles. The van der Waals surface area contributed by atoms with Crippen molar-refractivity contribution in [3.8, 4) is 11.5 Å². The Labute approximate surface area is 228 Å². The summed E-state index contributed by atoms with van der Waals surface area (Å²) in [7, 11) is -4.69. The zero-order valence-electron chi connectivity index (χ0n) is 20.1. The molecule has 0 atom stereocenters. The molecule has 4 aromatic rings. The Morgan fingerprint density at radius 2 is 1.74 bits per heavy atom. The van der Waals surface area contributed by atoms with Crippen molar-refractivity contribution in [2.75, 3.05) is 11.9 Å². The van der Waals surface area contributed by atoms with Crippen LogP contribution in [0, 0.1) is 6.92 Å². The second kappa shape index (κ2) is 11.0. The Hall–Kier alpha value is -3.70. The van der Waals surface area contributed by atoms with Gasteiger partial charge in [0.05, 0.1) is 22.9 Å². The van der Waals surface area contributed by atoms with Crippen LogP contribution in [-0.4, -0.2) is 30.6 Å². The van der Waals surface area contributed by atoms with Gasteiger partial charge in [-0.3, -0.25) is 9.35 Å². The second-order valence-electron chi connectivity index (χ2n) is 8.12. The highest BCUT2D eigenvalue weighted by Gasteiger charge is 2.22. The lowest BCUT2D eigenvalue weighted by molar-refractivity contribution is 0.102. The van der Waals surface area contributed by atoms with Crippen LogP contribution in [0.25, 0.3) is 10.8 Å². The number of aromatic hydroxyl groups is 1. The van der Waals surface area contributed by atoms with E-state index in [0.717, 1.165) is 6.07 Å². The zero-order chi connectivity index (χ0) is 27.6. The molecule has 0 unspecified atom stereocenters. The van der Waals surface area contributed by atoms with Gasteiger partial charge in [0.25, 0.3) is 16.0 Å². The molecule has 0 aliphatic rings. The number of halogens is 2. The predicted molar refractivity (Wildman–Crippen MR) is 146 cm³/mol. The number of azo groups is 1. The molecule has 0 radical (unpaired) electrons. The number of fused-ring (bicyclic) bond motifs is 1. The molecular weight excluding hydrogens is 553 g/mol. The Morgan fingerprint density at radius 3 is 2.42 bits per heavy atom. The van der Waals surface area contributed by atoms with E-state index in [9.17, 15) is 22.9 Å². The highest BCUT2D eigenvalue weighted by Crippen LogP contribution is 2.41. The maximum Gasteiger partial charge on any atom is 0.296 e. The molecule has 12 heteroatoms. The highest BCUT2D eigenvalue weighted by atomic mass is 35.5. The number of carbonyl (C=O) groups is 1. The number of hydrogen-bond donors (Lipinski definition) is 3. The summed E-state index contributed by atoms with van der Waals surface area (Å²) in [6, 6.07) is 15.6. The number of phenolic OH excluding ortho intramolecular Hbond substituents is 1. The largest absolute Gasteiger partial charge is 0.505 e. The van der Waals surface area contributed by atoms with Gasteiger partial charge in [0.2, 0.25) is 0 Å². The van der Waals surface area contributed by atoms with Crippen LogP contribution in [-0.2, 0) is 10.1 Å². The van der Waals surface area contributed by atoms with E-state index in [4.69, 9.17) is 27.9 Å². The third-order valence-electron chi connectivity index (χ3n) is 5.50. The van der Waals surface area contributed by atoms with Crippen molar-refractivity contribution in [1.82, 2.24) is 0 Å². The standard InChI is InChI=1S/C26H21Cl2N3O6S/c1-3-37-17-8-9-21(20(28)13-17)29-26(33)19-11-15-6-4-5-7-18(15)24(25(19)32)31-30-23-14(2)10-16(27)12-22(23)38(34,35)36/h4-13,32H,3H2,1-2H3,(H,29,33)(H,34,35,36). The number of anilines is 1. The zero-order valence-corrected chi connectivity index (χ0v) is 22.4. The summed E-state index contributed by atoms with van der Waals surface area (Å²) in [4.78, 5) is 12.6. The minimum absolute atomic E-state index is 0.0778. The van der Waals surface area contributed by atoms with Gasteiger partial charge in [-0.1, -0.05) is 47.5 Å². The number of amides is 1. The van der Waals surface area contributed by atoms with E-state index in [2.05, 4.69) is 15.5 Å². The first-order valence-electron chi connectivity index (χ1n) is 11.2. The summed E-state index contributed by atoms with van der Waals surface area (Å²) in [6.45, 7) is 3.82. The Morgan fingerprint density at radius 1 is 1.03 bits per heavy atom. The van der Waals surface area contributed by atoms with Gasteiger partial charge < -0.3 is 15.2 Å². The highest BCUT2D eigenvalue weighted by molar-refractivity contribution is 7.86. The van der Waals surface area contributed by atoms with Gasteiger partial charge in [0.15, 0.2) is 5.75 Å². The summed E-state index contributed by atoms with van der Waals surface area (Å²) in [5, 5.41) is 23.2. The van der Waals surface area contributed by atoms with E-state index in [-0.39, 0.29) is 27.0 Å². The quantitative estimate of drug-likeness (QED) is 0.155. The summed E-state index contributed by atoms with van der Waals surface area (Å²) in [5.74, 6) is -0.627. The molecule has 0 aliphatic heterocycles. The topological polar surface area (TPSA) is 138 Å². The number of rotatable bonds is 7. The number of ether oxygens (including phenoxy) is 1. The van der Waals surface area contributed by atoms with Crippen LogP contribution < -0.4 is 10.1 Å². The molecule has 0 heterocycles. The van der Waals surface area contributed by atoms with Crippen molar-refractivity contribution in [1.29, 1.82) is 0 Å². The molecule has 4 aromatic carbocycles. The van der Waals surface area contributed by atoms with Crippen LogP contribution in [0.15, 0.2) is 75.8 Å². The lowest BCUT2D eigenvalue weighted by Gasteiger charge is -2.13. The number of phenols is 1. The number of benzene rings is 4. The molecule has 4 rings (SSSR count). The van der Waals surface area contributed by atoms with Gasteiger partial charge >= 0.3 is 0 Å². The van der Waals surface area contributed by atoms with Crippen LogP contribution in [0.4, 0.5) is 17.1 Å². The van der Waals surface area contributed by atoms with Crippen LogP contribution in [0.3, 0.4) is 0 Å². The average Bonchev–Trinajstić information content (AvgIpc) is 2.85. The lowest BCUT2D eigenvalue weighted by Crippen LogP contribution is -2.12. The summed E-state index contributed by atoms with van der Waals surface area (Å²) in [6.07, 6.45) is 0. The van der Waals surface area contributed by atoms with Crippen LogP contribution in [0.1, 0.15) is 22.8 Å². The van der Waals surface area contributed by atoms with E-state index < -0.39 is 26.7 Å². The fourth-order valence-electron chi connectivity index (χ4n) is 3.76. The summed E-state index contributed by atoms with van der Waals surface area (Å²) >= 11 is 12.2. The van der Waals surface area contributed by atoms with Crippen LogP contribution in [0.5, 0.6) is 11.5 Å². The molecule has 196 valence electrons. The maximum atomic E-state index is 13.2. The van der Waals surface area contributed by atoms with Gasteiger partial charge in [-0.05, 0) is 55.1 Å². The van der Waals surface area contributed by atoms with Gasteiger partial charge in [-0.25, -0.2) is 0 Å². The predicted octanol–water partition coefficient (Wildman–Crippen LogP) is 7.47. The van der Waals surface area contributed by atoms with Gasteiger partial charge in [-0.2, -0.15) is 8.42 Å². The normalized spacial score (nSPS) is 11.7. The monoisotopic (exact) mass is 573 g/mol. The minimum Gasteiger partial charge on any atom is -0.505 e. The van der Waals surface area contributed by atoms with Crippen molar-refractivity contribution in [2.24, 2.45) is 10.2 Å². The van der Waals surface area contributed by atoms with Crippen LogP contribution in [0.2, 0.25) is 10.0 Å². The number of carbonyl (C=O) groups excluding carboxylic acids is 1.